The largest absolute Gasteiger partial charge is 0.337 e. The molecular formula is C12H23N5O2S. The van der Waals surface area contributed by atoms with Gasteiger partial charge in [0.1, 0.15) is 5.82 Å². The van der Waals surface area contributed by atoms with E-state index in [0.717, 1.165) is 12.2 Å². The summed E-state index contributed by atoms with van der Waals surface area (Å²) in [6, 6.07) is -0.256. The van der Waals surface area contributed by atoms with Gasteiger partial charge in [-0.15, -0.1) is 0 Å². The summed E-state index contributed by atoms with van der Waals surface area (Å²) < 4.78 is 30.2. The minimum Gasteiger partial charge on any atom is -0.337 e. The van der Waals surface area contributed by atoms with E-state index in [2.05, 4.69) is 10.3 Å². The molecule has 8 heteroatoms. The number of rotatable bonds is 5. The molecule has 1 aliphatic heterocycles. The van der Waals surface area contributed by atoms with Crippen LogP contribution in [0.2, 0.25) is 0 Å². The molecule has 1 N–H and O–H groups in total. The fourth-order valence-corrected chi connectivity index (χ4v) is 4.07. The minimum absolute atomic E-state index is 0.256. The van der Waals surface area contributed by atoms with E-state index < -0.39 is 10.2 Å². The normalized spacial score (nSPS) is 21.5. The van der Waals surface area contributed by atoms with Gasteiger partial charge in [0.15, 0.2) is 0 Å². The summed E-state index contributed by atoms with van der Waals surface area (Å²) in [6.45, 7) is 4.22. The summed E-state index contributed by atoms with van der Waals surface area (Å²) in [5.74, 6) is 0.769. The van der Waals surface area contributed by atoms with Crippen LogP contribution in [-0.2, 0) is 17.3 Å². The van der Waals surface area contributed by atoms with E-state index >= 15 is 0 Å². The molecule has 1 unspecified atom stereocenters. The zero-order valence-electron chi connectivity index (χ0n) is 12.3. The third-order valence-corrected chi connectivity index (χ3v) is 5.58. The lowest BCUT2D eigenvalue weighted by Gasteiger charge is -2.36. The van der Waals surface area contributed by atoms with Crippen LogP contribution in [0.3, 0.4) is 0 Å². The minimum atomic E-state index is -3.44. The average molecular weight is 301 g/mol. The Morgan fingerprint density at radius 3 is 2.90 bits per heavy atom. The zero-order valence-corrected chi connectivity index (χ0v) is 13.1. The Kier molecular flexibility index (Phi) is 4.79. The second kappa shape index (κ2) is 6.21. The van der Waals surface area contributed by atoms with Crippen LogP contribution in [0.4, 0.5) is 0 Å². The standard InChI is InChI=1S/C12H23N5O2S/c1-4-7-16(3)20(18,19)17-9-5-13-10-11(17)12-14-6-8-15(12)2/h6,8,11,13H,4-5,7,9-10H2,1-3H3. The molecule has 0 radical (unpaired) electrons. The first-order chi connectivity index (χ1) is 9.48. The monoisotopic (exact) mass is 301 g/mol. The smallest absolute Gasteiger partial charge is 0.282 e. The van der Waals surface area contributed by atoms with Gasteiger partial charge in [0.25, 0.3) is 10.2 Å². The average Bonchev–Trinajstić information content (AvgIpc) is 2.85. The summed E-state index contributed by atoms with van der Waals surface area (Å²) in [6.07, 6.45) is 4.34. The van der Waals surface area contributed by atoms with Crippen LogP contribution in [0.15, 0.2) is 12.4 Å². The third kappa shape index (κ3) is 2.88. The van der Waals surface area contributed by atoms with Gasteiger partial charge in [-0.3, -0.25) is 0 Å². The Morgan fingerprint density at radius 1 is 1.55 bits per heavy atom. The van der Waals surface area contributed by atoms with E-state index in [1.165, 1.54) is 4.31 Å². The van der Waals surface area contributed by atoms with Gasteiger partial charge in [0.05, 0.1) is 6.04 Å². The zero-order chi connectivity index (χ0) is 14.8. The van der Waals surface area contributed by atoms with Crippen LogP contribution in [0.25, 0.3) is 0 Å². The SMILES string of the molecule is CCCN(C)S(=O)(=O)N1CCNCC1c1nccn1C. The van der Waals surface area contributed by atoms with Crippen molar-refractivity contribution in [3.63, 3.8) is 0 Å². The highest BCUT2D eigenvalue weighted by molar-refractivity contribution is 7.86. The van der Waals surface area contributed by atoms with Crippen molar-refractivity contribution in [2.24, 2.45) is 7.05 Å². The Morgan fingerprint density at radius 2 is 2.30 bits per heavy atom. The van der Waals surface area contributed by atoms with Gasteiger partial charge in [-0.1, -0.05) is 6.92 Å². The molecular weight excluding hydrogens is 278 g/mol. The second-order valence-corrected chi connectivity index (χ2v) is 7.04. The molecule has 1 saturated heterocycles. The van der Waals surface area contributed by atoms with Crippen molar-refractivity contribution in [2.45, 2.75) is 19.4 Å². The van der Waals surface area contributed by atoms with E-state index in [1.807, 2.05) is 24.7 Å². The molecule has 1 aromatic heterocycles. The van der Waals surface area contributed by atoms with Crippen molar-refractivity contribution < 1.29 is 8.42 Å². The topological polar surface area (TPSA) is 70.5 Å². The molecule has 0 aromatic carbocycles. The van der Waals surface area contributed by atoms with E-state index in [0.29, 0.717) is 26.2 Å². The Hall–Kier alpha value is -0.960. The highest BCUT2D eigenvalue weighted by atomic mass is 32.2. The summed E-state index contributed by atoms with van der Waals surface area (Å²) in [7, 11) is 0.0788. The van der Waals surface area contributed by atoms with Crippen molar-refractivity contribution in [3.8, 4) is 0 Å². The fourth-order valence-electron chi connectivity index (χ4n) is 2.49. The van der Waals surface area contributed by atoms with Gasteiger partial charge < -0.3 is 9.88 Å². The first-order valence-corrected chi connectivity index (χ1v) is 8.29. The Balaban J connectivity index is 2.30. The lowest BCUT2D eigenvalue weighted by molar-refractivity contribution is 0.241. The molecule has 1 fully saturated rings. The van der Waals surface area contributed by atoms with E-state index in [1.54, 1.807) is 17.5 Å². The number of nitrogens with zero attached hydrogens (tertiary/aromatic N) is 4. The van der Waals surface area contributed by atoms with Gasteiger partial charge in [0, 0.05) is 52.7 Å². The maximum atomic E-state index is 12.7. The van der Waals surface area contributed by atoms with Gasteiger partial charge in [0.2, 0.25) is 0 Å². The molecule has 0 aliphatic carbocycles. The summed E-state index contributed by atoms with van der Waals surface area (Å²) >= 11 is 0. The highest BCUT2D eigenvalue weighted by Gasteiger charge is 2.37. The summed E-state index contributed by atoms with van der Waals surface area (Å²) in [4.78, 5) is 4.31. The van der Waals surface area contributed by atoms with Gasteiger partial charge in [-0.05, 0) is 6.42 Å². The van der Waals surface area contributed by atoms with Gasteiger partial charge in [-0.2, -0.15) is 17.0 Å². The van der Waals surface area contributed by atoms with Crippen molar-refractivity contribution >= 4 is 10.2 Å². The molecule has 1 aromatic rings. The van der Waals surface area contributed by atoms with Gasteiger partial charge >= 0.3 is 0 Å². The number of nitrogens with one attached hydrogen (secondary N) is 1. The fraction of sp³-hybridized carbons (Fsp3) is 0.750. The number of imidazole rings is 1. The highest BCUT2D eigenvalue weighted by Crippen LogP contribution is 2.25. The molecule has 2 heterocycles. The van der Waals surface area contributed by atoms with Crippen molar-refractivity contribution in [1.82, 2.24) is 23.5 Å². The lowest BCUT2D eigenvalue weighted by Crippen LogP contribution is -2.53. The quantitative estimate of drug-likeness (QED) is 0.828. The molecule has 0 spiro atoms. The molecule has 0 saturated carbocycles. The molecule has 7 nitrogen and oxygen atoms in total. The Labute approximate surface area is 120 Å². The first kappa shape index (κ1) is 15.4. The van der Waals surface area contributed by atoms with Crippen LogP contribution in [0, 0.1) is 0 Å². The predicted molar refractivity (Wildman–Crippen MR) is 77.4 cm³/mol. The molecule has 0 amide bonds. The number of piperazine rings is 1. The van der Waals surface area contributed by atoms with Crippen molar-refractivity contribution in [2.75, 3.05) is 33.2 Å². The number of hydrogen-bond acceptors (Lipinski definition) is 4. The molecule has 114 valence electrons. The van der Waals surface area contributed by atoms with Crippen molar-refractivity contribution in [1.29, 1.82) is 0 Å². The predicted octanol–water partition coefficient (Wildman–Crippen LogP) is -0.0470. The number of hydrogen-bond donors (Lipinski definition) is 1. The van der Waals surface area contributed by atoms with Crippen LogP contribution in [-0.4, -0.2) is 59.8 Å². The molecule has 0 bridgehead atoms. The van der Waals surface area contributed by atoms with Crippen LogP contribution in [0.5, 0.6) is 0 Å². The maximum Gasteiger partial charge on any atom is 0.282 e. The summed E-state index contributed by atoms with van der Waals surface area (Å²) in [5, 5.41) is 3.25. The van der Waals surface area contributed by atoms with E-state index in [9.17, 15) is 8.42 Å². The van der Waals surface area contributed by atoms with Crippen LogP contribution < -0.4 is 5.32 Å². The van der Waals surface area contributed by atoms with Crippen molar-refractivity contribution in [3.05, 3.63) is 18.2 Å². The third-order valence-electron chi connectivity index (χ3n) is 3.58. The van der Waals surface area contributed by atoms with E-state index in [4.69, 9.17) is 0 Å². The van der Waals surface area contributed by atoms with Gasteiger partial charge in [-0.25, -0.2) is 4.98 Å². The van der Waals surface area contributed by atoms with Crippen LogP contribution >= 0.6 is 0 Å². The molecule has 1 atom stereocenters. The molecule has 1 aliphatic rings. The molecule has 2 rings (SSSR count). The van der Waals surface area contributed by atoms with E-state index in [-0.39, 0.29) is 6.04 Å². The lowest BCUT2D eigenvalue weighted by atomic mass is 10.2. The molecule has 20 heavy (non-hydrogen) atoms. The number of aromatic nitrogens is 2. The first-order valence-electron chi connectivity index (χ1n) is 6.89. The van der Waals surface area contributed by atoms with Crippen LogP contribution in [0.1, 0.15) is 25.2 Å². The summed E-state index contributed by atoms with van der Waals surface area (Å²) in [5.41, 5.74) is 0. The maximum absolute atomic E-state index is 12.7. The Bertz CT molecular complexity index is 542. The number of aryl methyl sites for hydroxylation is 1. The second-order valence-electron chi connectivity index (χ2n) is 5.06.